The molecule has 0 aromatic carbocycles. The van der Waals surface area contributed by atoms with Gasteiger partial charge >= 0.3 is 0 Å². The monoisotopic (exact) mass is 242 g/mol. The molecule has 1 saturated carbocycles. The molecule has 0 bridgehead atoms. The van der Waals surface area contributed by atoms with Gasteiger partial charge in [-0.15, -0.1) is 0 Å². The number of carbonyl (C=O) groups is 1. The largest absolute Gasteiger partial charge is 0.394 e. The number of ether oxygens (including phenoxy) is 1. The van der Waals surface area contributed by atoms with Crippen LogP contribution in [-0.2, 0) is 9.53 Å². The van der Waals surface area contributed by atoms with Crippen molar-refractivity contribution >= 4 is 5.91 Å². The Labute approximate surface area is 102 Å². The standard InChI is InChI=1S/C12H22N2O3/c13-10-7-17-6-9(10)11(16)14-12(8-15)4-2-1-3-5-12/h9-10,15H,1-8,13H2,(H,14,16). The molecule has 1 heterocycles. The van der Waals surface area contributed by atoms with Crippen LogP contribution in [0.1, 0.15) is 32.1 Å². The predicted octanol–water partition coefficient (Wildman–Crippen LogP) is -0.228. The molecule has 5 nitrogen and oxygen atoms in total. The third kappa shape index (κ3) is 2.78. The molecule has 0 aromatic rings. The fourth-order valence-corrected chi connectivity index (χ4v) is 2.75. The van der Waals surface area contributed by atoms with Crippen molar-refractivity contribution in [2.75, 3.05) is 19.8 Å². The van der Waals surface area contributed by atoms with E-state index < -0.39 is 5.54 Å². The van der Waals surface area contributed by atoms with Crippen molar-refractivity contribution in [2.24, 2.45) is 11.7 Å². The van der Waals surface area contributed by atoms with Crippen LogP contribution in [0.4, 0.5) is 0 Å². The van der Waals surface area contributed by atoms with Gasteiger partial charge in [0.25, 0.3) is 0 Å². The number of carbonyl (C=O) groups excluding carboxylic acids is 1. The summed E-state index contributed by atoms with van der Waals surface area (Å²) in [5.74, 6) is -0.327. The normalized spacial score (nSPS) is 32.4. The number of hydrogen-bond acceptors (Lipinski definition) is 4. The SMILES string of the molecule is NC1COCC1C(=O)NC1(CO)CCCCC1. The van der Waals surface area contributed by atoms with E-state index >= 15 is 0 Å². The van der Waals surface area contributed by atoms with Crippen molar-refractivity contribution in [3.8, 4) is 0 Å². The van der Waals surface area contributed by atoms with Gasteiger partial charge in [-0.3, -0.25) is 4.79 Å². The summed E-state index contributed by atoms with van der Waals surface area (Å²) in [6, 6.07) is -0.214. The zero-order valence-corrected chi connectivity index (χ0v) is 10.2. The van der Waals surface area contributed by atoms with Crippen LogP contribution in [0.25, 0.3) is 0 Å². The highest BCUT2D eigenvalue weighted by Gasteiger charge is 2.38. The Balaban J connectivity index is 1.95. The third-order valence-corrected chi connectivity index (χ3v) is 3.96. The molecule has 1 saturated heterocycles. The number of nitrogens with one attached hydrogen (secondary N) is 1. The number of amides is 1. The molecule has 2 aliphatic rings. The molecule has 17 heavy (non-hydrogen) atoms. The summed E-state index contributed by atoms with van der Waals surface area (Å²) in [7, 11) is 0. The molecule has 1 amide bonds. The van der Waals surface area contributed by atoms with Gasteiger partial charge in [-0.2, -0.15) is 0 Å². The molecule has 5 heteroatoms. The summed E-state index contributed by atoms with van der Waals surface area (Å²) in [5, 5.41) is 12.5. The first-order valence-electron chi connectivity index (χ1n) is 6.43. The van der Waals surface area contributed by atoms with Gasteiger partial charge in [0.05, 0.1) is 31.3 Å². The van der Waals surface area contributed by atoms with Gasteiger partial charge in [0.1, 0.15) is 0 Å². The lowest BCUT2D eigenvalue weighted by atomic mass is 9.81. The van der Waals surface area contributed by atoms with Crippen LogP contribution < -0.4 is 11.1 Å². The van der Waals surface area contributed by atoms with E-state index in [-0.39, 0.29) is 24.5 Å². The maximum atomic E-state index is 12.1. The van der Waals surface area contributed by atoms with E-state index in [1.807, 2.05) is 0 Å². The average Bonchev–Trinajstić information content (AvgIpc) is 2.77. The molecule has 1 aliphatic heterocycles. The van der Waals surface area contributed by atoms with Crippen LogP contribution in [0.3, 0.4) is 0 Å². The van der Waals surface area contributed by atoms with Crippen molar-refractivity contribution in [1.82, 2.24) is 5.32 Å². The highest BCUT2D eigenvalue weighted by molar-refractivity contribution is 5.80. The first-order chi connectivity index (χ1) is 8.17. The number of aliphatic hydroxyl groups excluding tert-OH is 1. The van der Waals surface area contributed by atoms with Crippen molar-refractivity contribution in [1.29, 1.82) is 0 Å². The topological polar surface area (TPSA) is 84.6 Å². The van der Waals surface area contributed by atoms with Gasteiger partial charge in [-0.05, 0) is 12.8 Å². The summed E-state index contributed by atoms with van der Waals surface area (Å²) in [6.45, 7) is 0.861. The fourth-order valence-electron chi connectivity index (χ4n) is 2.75. The number of nitrogens with two attached hydrogens (primary N) is 1. The quantitative estimate of drug-likeness (QED) is 0.638. The van der Waals surface area contributed by atoms with Crippen molar-refractivity contribution in [3.05, 3.63) is 0 Å². The van der Waals surface area contributed by atoms with E-state index in [9.17, 15) is 9.90 Å². The molecule has 4 N–H and O–H groups in total. The smallest absolute Gasteiger partial charge is 0.227 e. The van der Waals surface area contributed by atoms with Crippen molar-refractivity contribution < 1.29 is 14.6 Å². The summed E-state index contributed by atoms with van der Waals surface area (Å²) >= 11 is 0. The Hall–Kier alpha value is -0.650. The third-order valence-electron chi connectivity index (χ3n) is 3.96. The maximum absolute atomic E-state index is 12.1. The fraction of sp³-hybridized carbons (Fsp3) is 0.917. The van der Waals surface area contributed by atoms with Crippen molar-refractivity contribution in [3.63, 3.8) is 0 Å². The van der Waals surface area contributed by atoms with Gasteiger partial charge in [0.15, 0.2) is 0 Å². The molecule has 1 aliphatic carbocycles. The Kier molecular flexibility index (Phi) is 4.01. The van der Waals surface area contributed by atoms with Crippen LogP contribution >= 0.6 is 0 Å². The summed E-state index contributed by atoms with van der Waals surface area (Å²) in [4.78, 5) is 12.1. The van der Waals surface area contributed by atoms with Gasteiger partial charge in [-0.25, -0.2) is 0 Å². The molecule has 2 rings (SSSR count). The maximum Gasteiger partial charge on any atom is 0.227 e. The second-order valence-corrected chi connectivity index (χ2v) is 5.30. The second-order valence-electron chi connectivity index (χ2n) is 5.30. The van der Waals surface area contributed by atoms with Crippen LogP contribution in [-0.4, -0.2) is 42.4 Å². The molecule has 98 valence electrons. The lowest BCUT2D eigenvalue weighted by Crippen LogP contribution is -2.56. The molecule has 2 atom stereocenters. The molecule has 2 unspecified atom stereocenters. The Morgan fingerprint density at radius 1 is 1.35 bits per heavy atom. The molecule has 0 aromatic heterocycles. The zero-order chi connectivity index (χ0) is 12.3. The van der Waals surface area contributed by atoms with E-state index in [1.54, 1.807) is 0 Å². The second kappa shape index (κ2) is 5.33. The highest BCUT2D eigenvalue weighted by atomic mass is 16.5. The van der Waals surface area contributed by atoms with E-state index in [0.717, 1.165) is 25.7 Å². The van der Waals surface area contributed by atoms with Gasteiger partial charge < -0.3 is 20.9 Å². The average molecular weight is 242 g/mol. The first-order valence-corrected chi connectivity index (χ1v) is 6.43. The molecular weight excluding hydrogens is 220 g/mol. The van der Waals surface area contributed by atoms with Crippen LogP contribution in [0.5, 0.6) is 0 Å². The Bertz CT molecular complexity index is 277. The minimum absolute atomic E-state index is 0.0154. The van der Waals surface area contributed by atoms with E-state index in [2.05, 4.69) is 5.32 Å². The minimum atomic E-state index is -0.419. The molecule has 2 fully saturated rings. The summed E-state index contributed by atoms with van der Waals surface area (Å²) in [6.07, 6.45) is 5.03. The lowest BCUT2D eigenvalue weighted by molar-refractivity contribution is -0.128. The van der Waals surface area contributed by atoms with E-state index in [1.165, 1.54) is 6.42 Å². The Morgan fingerprint density at radius 2 is 2.06 bits per heavy atom. The van der Waals surface area contributed by atoms with E-state index in [4.69, 9.17) is 10.5 Å². The zero-order valence-electron chi connectivity index (χ0n) is 10.2. The summed E-state index contributed by atoms with van der Waals surface area (Å²) in [5.41, 5.74) is 5.40. The van der Waals surface area contributed by atoms with Crippen LogP contribution in [0, 0.1) is 5.92 Å². The lowest BCUT2D eigenvalue weighted by Gasteiger charge is -2.37. The van der Waals surface area contributed by atoms with Gasteiger partial charge in [-0.1, -0.05) is 19.3 Å². The number of aliphatic hydroxyl groups is 1. The number of hydrogen-bond donors (Lipinski definition) is 3. The van der Waals surface area contributed by atoms with E-state index in [0.29, 0.717) is 13.2 Å². The van der Waals surface area contributed by atoms with Crippen LogP contribution in [0.2, 0.25) is 0 Å². The van der Waals surface area contributed by atoms with Crippen LogP contribution in [0.15, 0.2) is 0 Å². The molecule has 0 radical (unpaired) electrons. The minimum Gasteiger partial charge on any atom is -0.394 e. The van der Waals surface area contributed by atoms with Gasteiger partial charge in [0, 0.05) is 6.04 Å². The molecule has 0 spiro atoms. The van der Waals surface area contributed by atoms with Gasteiger partial charge in [0.2, 0.25) is 5.91 Å². The predicted molar refractivity (Wildman–Crippen MR) is 63.3 cm³/mol. The Morgan fingerprint density at radius 3 is 2.59 bits per heavy atom. The van der Waals surface area contributed by atoms with Crippen molar-refractivity contribution in [2.45, 2.75) is 43.7 Å². The first kappa shape index (κ1) is 12.8. The highest BCUT2D eigenvalue weighted by Crippen LogP contribution is 2.28. The summed E-state index contributed by atoms with van der Waals surface area (Å²) < 4.78 is 5.20. The number of rotatable bonds is 3. The molecular formula is C12H22N2O3.